The summed E-state index contributed by atoms with van der Waals surface area (Å²) in [6.45, 7) is 2.91. The van der Waals surface area contributed by atoms with Crippen molar-refractivity contribution in [2.75, 3.05) is 11.4 Å². The third kappa shape index (κ3) is 1.85. The standard InChI is InChI=1S/C15H15NOS/c1-11-5-2-6-12-7-3-9-16(14(11)12)15(17)13-8-4-10-18-13/h2,4-6,8,10H,3,7,9H2,1H3. The molecule has 0 aliphatic carbocycles. The Labute approximate surface area is 111 Å². The van der Waals surface area contributed by atoms with Crippen LogP contribution in [0, 0.1) is 6.92 Å². The number of amides is 1. The summed E-state index contributed by atoms with van der Waals surface area (Å²) in [5, 5.41) is 1.95. The van der Waals surface area contributed by atoms with E-state index >= 15 is 0 Å². The maximum atomic E-state index is 12.5. The molecule has 0 spiro atoms. The fraction of sp³-hybridized carbons (Fsp3) is 0.267. The third-order valence-electron chi connectivity index (χ3n) is 3.40. The van der Waals surface area contributed by atoms with Gasteiger partial charge in [0.2, 0.25) is 0 Å². The van der Waals surface area contributed by atoms with Crippen LogP contribution in [0.3, 0.4) is 0 Å². The molecule has 2 heterocycles. The van der Waals surface area contributed by atoms with Crippen molar-refractivity contribution in [3.05, 3.63) is 51.7 Å². The van der Waals surface area contributed by atoms with Crippen LogP contribution in [-0.4, -0.2) is 12.5 Å². The van der Waals surface area contributed by atoms with Gasteiger partial charge in [-0.2, -0.15) is 0 Å². The molecule has 0 bridgehead atoms. The molecule has 0 saturated heterocycles. The van der Waals surface area contributed by atoms with Crippen LogP contribution in [0.25, 0.3) is 0 Å². The fourth-order valence-corrected chi connectivity index (χ4v) is 3.26. The molecule has 1 aromatic carbocycles. The number of benzene rings is 1. The van der Waals surface area contributed by atoms with Gasteiger partial charge in [-0.1, -0.05) is 24.3 Å². The highest BCUT2D eigenvalue weighted by Gasteiger charge is 2.25. The van der Waals surface area contributed by atoms with E-state index in [0.717, 1.165) is 30.0 Å². The number of nitrogens with zero attached hydrogens (tertiary/aromatic N) is 1. The summed E-state index contributed by atoms with van der Waals surface area (Å²) >= 11 is 1.51. The van der Waals surface area contributed by atoms with Crippen molar-refractivity contribution in [3.63, 3.8) is 0 Å². The molecule has 1 aliphatic rings. The van der Waals surface area contributed by atoms with E-state index in [1.807, 2.05) is 22.4 Å². The van der Waals surface area contributed by atoms with E-state index in [1.165, 1.54) is 22.5 Å². The number of para-hydroxylation sites is 1. The molecule has 0 unspecified atom stereocenters. The van der Waals surface area contributed by atoms with Gasteiger partial charge in [0, 0.05) is 6.54 Å². The van der Waals surface area contributed by atoms with E-state index in [9.17, 15) is 4.79 Å². The Morgan fingerprint density at radius 2 is 2.17 bits per heavy atom. The Kier molecular flexibility index (Phi) is 2.92. The summed E-state index contributed by atoms with van der Waals surface area (Å²) in [5.41, 5.74) is 3.62. The van der Waals surface area contributed by atoms with Crippen LogP contribution in [0.2, 0.25) is 0 Å². The average Bonchev–Trinajstić information content (AvgIpc) is 2.91. The van der Waals surface area contributed by atoms with Gasteiger partial charge in [-0.15, -0.1) is 11.3 Å². The van der Waals surface area contributed by atoms with Gasteiger partial charge in [0.15, 0.2) is 0 Å². The summed E-state index contributed by atoms with van der Waals surface area (Å²) in [4.78, 5) is 15.3. The second-order valence-corrected chi connectivity index (χ2v) is 5.57. The molecule has 92 valence electrons. The molecular formula is C15H15NOS. The first kappa shape index (κ1) is 11.5. The van der Waals surface area contributed by atoms with Crippen LogP contribution in [-0.2, 0) is 6.42 Å². The zero-order valence-corrected chi connectivity index (χ0v) is 11.2. The van der Waals surface area contributed by atoms with E-state index in [4.69, 9.17) is 0 Å². The molecule has 2 aromatic rings. The highest BCUT2D eigenvalue weighted by Crippen LogP contribution is 2.32. The lowest BCUT2D eigenvalue weighted by atomic mass is 9.98. The first-order valence-electron chi connectivity index (χ1n) is 6.21. The van der Waals surface area contributed by atoms with Gasteiger partial charge in [0.25, 0.3) is 5.91 Å². The normalized spacial score (nSPS) is 14.4. The van der Waals surface area contributed by atoms with Gasteiger partial charge in [0.1, 0.15) is 0 Å². The predicted octanol–water partition coefficient (Wildman–Crippen LogP) is 3.65. The van der Waals surface area contributed by atoms with Gasteiger partial charge in [0.05, 0.1) is 10.6 Å². The number of anilines is 1. The summed E-state index contributed by atoms with van der Waals surface area (Å²) in [6.07, 6.45) is 2.12. The quantitative estimate of drug-likeness (QED) is 0.763. The zero-order valence-electron chi connectivity index (χ0n) is 10.3. The van der Waals surface area contributed by atoms with Crippen molar-refractivity contribution >= 4 is 22.9 Å². The van der Waals surface area contributed by atoms with Crippen molar-refractivity contribution in [2.24, 2.45) is 0 Å². The Morgan fingerprint density at radius 1 is 1.28 bits per heavy atom. The van der Waals surface area contributed by atoms with E-state index < -0.39 is 0 Å². The molecule has 3 rings (SSSR count). The zero-order chi connectivity index (χ0) is 12.5. The number of thiophene rings is 1. The molecule has 2 nitrogen and oxygen atoms in total. The number of fused-ring (bicyclic) bond motifs is 1. The highest BCUT2D eigenvalue weighted by molar-refractivity contribution is 7.12. The predicted molar refractivity (Wildman–Crippen MR) is 75.5 cm³/mol. The van der Waals surface area contributed by atoms with E-state index in [0.29, 0.717) is 0 Å². The molecule has 0 atom stereocenters. The minimum Gasteiger partial charge on any atom is -0.307 e. The van der Waals surface area contributed by atoms with Crippen molar-refractivity contribution in [2.45, 2.75) is 19.8 Å². The van der Waals surface area contributed by atoms with E-state index in [2.05, 4.69) is 25.1 Å². The third-order valence-corrected chi connectivity index (χ3v) is 4.25. The molecule has 1 aliphatic heterocycles. The van der Waals surface area contributed by atoms with Crippen molar-refractivity contribution in [3.8, 4) is 0 Å². The second-order valence-electron chi connectivity index (χ2n) is 4.62. The minimum atomic E-state index is 0.139. The number of hydrogen-bond acceptors (Lipinski definition) is 2. The summed E-state index contributed by atoms with van der Waals surface area (Å²) in [6, 6.07) is 10.1. The Morgan fingerprint density at radius 3 is 2.94 bits per heavy atom. The number of aryl methyl sites for hydroxylation is 2. The lowest BCUT2D eigenvalue weighted by Crippen LogP contribution is -2.35. The number of hydrogen-bond donors (Lipinski definition) is 0. The topological polar surface area (TPSA) is 20.3 Å². The highest BCUT2D eigenvalue weighted by atomic mass is 32.1. The minimum absolute atomic E-state index is 0.139. The van der Waals surface area contributed by atoms with Gasteiger partial charge >= 0.3 is 0 Å². The van der Waals surface area contributed by atoms with Crippen molar-refractivity contribution in [1.82, 2.24) is 0 Å². The Bertz CT molecular complexity index is 574. The molecule has 1 amide bonds. The molecule has 3 heteroatoms. The van der Waals surface area contributed by atoms with Gasteiger partial charge in [-0.3, -0.25) is 4.79 Å². The van der Waals surface area contributed by atoms with Crippen molar-refractivity contribution < 1.29 is 4.79 Å². The van der Waals surface area contributed by atoms with Gasteiger partial charge in [-0.05, 0) is 42.3 Å². The molecular weight excluding hydrogens is 242 g/mol. The molecule has 0 radical (unpaired) electrons. The SMILES string of the molecule is Cc1cccc2c1N(C(=O)c1cccs1)CCC2. The van der Waals surface area contributed by atoms with Crippen LogP contribution in [0.1, 0.15) is 27.2 Å². The average molecular weight is 257 g/mol. The lowest BCUT2D eigenvalue weighted by Gasteiger charge is -2.30. The number of rotatable bonds is 1. The number of carbonyl (C=O) groups excluding carboxylic acids is 1. The lowest BCUT2D eigenvalue weighted by molar-refractivity contribution is 0.0989. The smallest absolute Gasteiger partial charge is 0.268 e. The van der Waals surface area contributed by atoms with Gasteiger partial charge < -0.3 is 4.90 Å². The summed E-state index contributed by atoms with van der Waals surface area (Å²) in [7, 11) is 0. The Hall–Kier alpha value is -1.61. The summed E-state index contributed by atoms with van der Waals surface area (Å²) in [5.74, 6) is 0.139. The van der Waals surface area contributed by atoms with Crippen LogP contribution < -0.4 is 4.90 Å². The molecule has 0 N–H and O–H groups in total. The molecule has 18 heavy (non-hydrogen) atoms. The first-order chi connectivity index (χ1) is 8.77. The second kappa shape index (κ2) is 4.58. The first-order valence-corrected chi connectivity index (χ1v) is 7.09. The van der Waals surface area contributed by atoms with E-state index in [1.54, 1.807) is 0 Å². The maximum absolute atomic E-state index is 12.5. The van der Waals surface area contributed by atoms with Crippen LogP contribution in [0.15, 0.2) is 35.7 Å². The van der Waals surface area contributed by atoms with Gasteiger partial charge in [-0.25, -0.2) is 0 Å². The monoisotopic (exact) mass is 257 g/mol. The molecule has 0 fully saturated rings. The molecule has 0 saturated carbocycles. The summed E-state index contributed by atoms with van der Waals surface area (Å²) < 4.78 is 0. The number of carbonyl (C=O) groups is 1. The Balaban J connectivity index is 2.04. The van der Waals surface area contributed by atoms with Crippen LogP contribution >= 0.6 is 11.3 Å². The van der Waals surface area contributed by atoms with Crippen molar-refractivity contribution in [1.29, 1.82) is 0 Å². The van der Waals surface area contributed by atoms with E-state index in [-0.39, 0.29) is 5.91 Å². The van der Waals surface area contributed by atoms with Crippen LogP contribution in [0.4, 0.5) is 5.69 Å². The largest absolute Gasteiger partial charge is 0.307 e. The fourth-order valence-electron chi connectivity index (χ4n) is 2.58. The van der Waals surface area contributed by atoms with Crippen LogP contribution in [0.5, 0.6) is 0 Å². The maximum Gasteiger partial charge on any atom is 0.268 e. The molecule has 1 aromatic heterocycles.